The van der Waals surface area contributed by atoms with Crippen molar-refractivity contribution in [1.82, 2.24) is 15.5 Å². The van der Waals surface area contributed by atoms with E-state index < -0.39 is 0 Å². The van der Waals surface area contributed by atoms with Crippen LogP contribution in [0.2, 0.25) is 0 Å². The molecule has 1 heterocycles. The van der Waals surface area contributed by atoms with E-state index >= 15 is 0 Å². The summed E-state index contributed by atoms with van der Waals surface area (Å²) in [6.45, 7) is 3.76. The smallest absolute Gasteiger partial charge is 0.248 e. The lowest BCUT2D eigenvalue weighted by molar-refractivity contribution is -0.122. The molecule has 21 heavy (non-hydrogen) atoms. The van der Waals surface area contributed by atoms with Gasteiger partial charge in [-0.1, -0.05) is 24.4 Å². The van der Waals surface area contributed by atoms with Crippen LogP contribution in [0.15, 0.2) is 4.52 Å². The minimum Gasteiger partial charge on any atom is -0.345 e. The van der Waals surface area contributed by atoms with E-state index in [1.165, 1.54) is 19.3 Å². The van der Waals surface area contributed by atoms with Gasteiger partial charge in [-0.3, -0.25) is 4.79 Å². The van der Waals surface area contributed by atoms with Gasteiger partial charge in [-0.05, 0) is 33.1 Å². The van der Waals surface area contributed by atoms with Crippen molar-refractivity contribution in [3.8, 4) is 0 Å². The van der Waals surface area contributed by atoms with Gasteiger partial charge in [-0.15, -0.1) is 0 Å². The van der Waals surface area contributed by atoms with Crippen LogP contribution in [0.5, 0.6) is 0 Å². The zero-order valence-corrected chi connectivity index (χ0v) is 13.0. The van der Waals surface area contributed by atoms with E-state index in [9.17, 15) is 4.79 Å². The molecule has 6 nitrogen and oxygen atoms in total. The summed E-state index contributed by atoms with van der Waals surface area (Å²) in [4.78, 5) is 16.2. The van der Waals surface area contributed by atoms with Gasteiger partial charge in [0.1, 0.15) is 6.04 Å². The van der Waals surface area contributed by atoms with Crippen LogP contribution in [0.3, 0.4) is 0 Å². The summed E-state index contributed by atoms with van der Waals surface area (Å²) in [5.41, 5.74) is 5.65. The Bertz CT molecular complexity index is 452. The van der Waals surface area contributed by atoms with Crippen molar-refractivity contribution < 1.29 is 9.32 Å². The van der Waals surface area contributed by atoms with E-state index in [4.69, 9.17) is 10.3 Å². The Hall–Kier alpha value is -1.43. The Labute approximate surface area is 125 Å². The van der Waals surface area contributed by atoms with Crippen LogP contribution in [0.1, 0.15) is 82.5 Å². The Kier molecular flexibility index (Phi) is 5.73. The van der Waals surface area contributed by atoms with Gasteiger partial charge in [0, 0.05) is 18.4 Å². The van der Waals surface area contributed by atoms with Crippen molar-refractivity contribution in [2.24, 2.45) is 5.73 Å². The Balaban J connectivity index is 1.86. The van der Waals surface area contributed by atoms with Crippen LogP contribution in [0, 0.1) is 0 Å². The Morgan fingerprint density at radius 2 is 2.10 bits per heavy atom. The monoisotopic (exact) mass is 294 g/mol. The summed E-state index contributed by atoms with van der Waals surface area (Å²) in [6, 6.07) is -0.220. The molecule has 1 aliphatic carbocycles. The summed E-state index contributed by atoms with van der Waals surface area (Å²) in [7, 11) is 0. The topological polar surface area (TPSA) is 94.0 Å². The molecular formula is C15H26N4O2. The van der Waals surface area contributed by atoms with Gasteiger partial charge < -0.3 is 15.6 Å². The number of nitrogens with one attached hydrogen (secondary N) is 1. The third kappa shape index (κ3) is 4.81. The van der Waals surface area contributed by atoms with Crippen molar-refractivity contribution in [2.45, 2.75) is 76.8 Å². The summed E-state index contributed by atoms with van der Waals surface area (Å²) < 4.78 is 5.31. The largest absolute Gasteiger partial charge is 0.345 e. The zero-order chi connectivity index (χ0) is 15.2. The molecule has 1 fully saturated rings. The number of nitrogens with two attached hydrogens (primary N) is 1. The molecule has 0 aromatic carbocycles. The van der Waals surface area contributed by atoms with E-state index in [1.807, 2.05) is 13.8 Å². The second kappa shape index (κ2) is 7.54. The molecule has 1 aromatic heterocycles. The van der Waals surface area contributed by atoms with Crippen LogP contribution < -0.4 is 11.1 Å². The average Bonchev–Trinajstić information content (AvgIpc) is 2.96. The van der Waals surface area contributed by atoms with E-state index in [2.05, 4.69) is 15.5 Å². The lowest BCUT2D eigenvalue weighted by Crippen LogP contribution is -2.28. The Morgan fingerprint density at radius 3 is 2.76 bits per heavy atom. The molecule has 1 amide bonds. The molecule has 118 valence electrons. The first kappa shape index (κ1) is 15.9. The predicted molar refractivity (Wildman–Crippen MR) is 79.6 cm³/mol. The fraction of sp³-hybridized carbons (Fsp3) is 0.800. The zero-order valence-electron chi connectivity index (χ0n) is 13.0. The van der Waals surface area contributed by atoms with E-state index in [1.54, 1.807) is 0 Å². The molecule has 0 radical (unpaired) electrons. The maximum absolute atomic E-state index is 11.8. The van der Waals surface area contributed by atoms with Crippen LogP contribution in [0.25, 0.3) is 0 Å². The minimum absolute atomic E-state index is 0.0304. The molecule has 2 rings (SSSR count). The molecular weight excluding hydrogens is 268 g/mol. The molecule has 0 bridgehead atoms. The molecule has 1 aliphatic rings. The second-order valence-corrected chi connectivity index (χ2v) is 6.13. The number of hydrogen-bond acceptors (Lipinski definition) is 5. The van der Waals surface area contributed by atoms with E-state index in [-0.39, 0.29) is 18.0 Å². The first-order chi connectivity index (χ1) is 10.1. The van der Waals surface area contributed by atoms with Gasteiger partial charge >= 0.3 is 0 Å². The van der Waals surface area contributed by atoms with Crippen molar-refractivity contribution in [3.63, 3.8) is 0 Å². The van der Waals surface area contributed by atoms with Gasteiger partial charge in [-0.2, -0.15) is 4.98 Å². The number of rotatable bonds is 6. The summed E-state index contributed by atoms with van der Waals surface area (Å²) in [6.07, 6.45) is 7.13. The summed E-state index contributed by atoms with van der Waals surface area (Å²) >= 11 is 0. The van der Waals surface area contributed by atoms with Crippen LogP contribution in [0.4, 0.5) is 0 Å². The van der Waals surface area contributed by atoms with Crippen molar-refractivity contribution >= 4 is 5.91 Å². The fourth-order valence-corrected chi connectivity index (χ4v) is 2.68. The van der Waals surface area contributed by atoms with Crippen molar-refractivity contribution in [1.29, 1.82) is 0 Å². The summed E-state index contributed by atoms with van der Waals surface area (Å²) in [5, 5.41) is 6.96. The quantitative estimate of drug-likeness (QED) is 0.840. The number of carbonyl (C=O) groups is 1. The number of aromatic nitrogens is 2. The molecule has 0 saturated heterocycles. The normalized spacial score (nSPS) is 19.2. The van der Waals surface area contributed by atoms with E-state index in [0.717, 1.165) is 18.7 Å². The van der Waals surface area contributed by atoms with Gasteiger partial charge in [0.25, 0.3) is 0 Å². The molecule has 6 heteroatoms. The average molecular weight is 294 g/mol. The van der Waals surface area contributed by atoms with Crippen molar-refractivity contribution in [3.05, 3.63) is 11.7 Å². The molecule has 0 spiro atoms. The first-order valence-electron chi connectivity index (χ1n) is 7.94. The molecule has 0 aliphatic heterocycles. The molecule has 2 atom stereocenters. The highest BCUT2D eigenvalue weighted by atomic mass is 16.5. The fourth-order valence-electron chi connectivity index (χ4n) is 2.68. The van der Waals surface area contributed by atoms with Gasteiger partial charge in [-0.25, -0.2) is 0 Å². The third-order valence-corrected chi connectivity index (χ3v) is 4.00. The van der Waals surface area contributed by atoms with Gasteiger partial charge in [0.15, 0.2) is 5.82 Å². The second-order valence-electron chi connectivity index (χ2n) is 6.13. The molecule has 1 aromatic rings. The maximum atomic E-state index is 11.8. The highest BCUT2D eigenvalue weighted by Crippen LogP contribution is 2.31. The molecule has 1 saturated carbocycles. The SMILES string of the molecule is CC(N)CCC(=O)NC(C)c1nc(C2CCCCC2)no1. The molecule has 3 N–H and O–H groups in total. The van der Waals surface area contributed by atoms with E-state index in [0.29, 0.717) is 24.7 Å². The predicted octanol–water partition coefficient (Wildman–Crippen LogP) is 2.42. The summed E-state index contributed by atoms with van der Waals surface area (Å²) in [5.74, 6) is 1.67. The standard InChI is InChI=1S/C15H26N4O2/c1-10(16)8-9-13(20)17-11(2)15-18-14(19-21-15)12-6-4-3-5-7-12/h10-12H,3-9,16H2,1-2H3,(H,17,20). The number of amides is 1. The van der Waals surface area contributed by atoms with Gasteiger partial charge in [0.2, 0.25) is 11.8 Å². The maximum Gasteiger partial charge on any atom is 0.248 e. The third-order valence-electron chi connectivity index (χ3n) is 4.00. The highest BCUT2D eigenvalue weighted by Gasteiger charge is 2.23. The number of nitrogens with zero attached hydrogens (tertiary/aromatic N) is 2. The Morgan fingerprint density at radius 1 is 1.38 bits per heavy atom. The van der Waals surface area contributed by atoms with Crippen LogP contribution in [-0.2, 0) is 4.79 Å². The first-order valence-corrected chi connectivity index (χ1v) is 7.94. The lowest BCUT2D eigenvalue weighted by Gasteiger charge is -2.17. The van der Waals surface area contributed by atoms with Crippen LogP contribution in [-0.4, -0.2) is 22.1 Å². The lowest BCUT2D eigenvalue weighted by atomic mass is 9.89. The van der Waals surface area contributed by atoms with Gasteiger partial charge in [0.05, 0.1) is 0 Å². The van der Waals surface area contributed by atoms with Crippen LogP contribution >= 0.6 is 0 Å². The molecule has 2 unspecified atom stereocenters. The highest BCUT2D eigenvalue weighted by molar-refractivity contribution is 5.76. The minimum atomic E-state index is -0.254. The number of hydrogen-bond donors (Lipinski definition) is 2. The number of carbonyl (C=O) groups excluding carboxylic acids is 1. The van der Waals surface area contributed by atoms with Crippen molar-refractivity contribution in [2.75, 3.05) is 0 Å².